The first-order valence-electron chi connectivity index (χ1n) is 9.23. The second kappa shape index (κ2) is 5.94. The van der Waals surface area contributed by atoms with E-state index in [1.54, 1.807) is 0 Å². The third-order valence-electron chi connectivity index (χ3n) is 5.98. The zero-order valence-electron chi connectivity index (χ0n) is 14.7. The zero-order valence-corrected chi connectivity index (χ0v) is 14.7. The molecule has 3 aliphatic heterocycles. The van der Waals surface area contributed by atoms with E-state index >= 15 is 0 Å². The number of hydrogen-bond acceptors (Lipinski definition) is 4. The Bertz CT molecular complexity index is 856. The van der Waals surface area contributed by atoms with E-state index in [4.69, 9.17) is 9.47 Å². The number of piperidine rings is 1. The molecule has 2 aromatic rings. The molecule has 3 heterocycles. The molecule has 0 aliphatic carbocycles. The molecule has 1 amide bonds. The summed E-state index contributed by atoms with van der Waals surface area (Å²) in [6.45, 7) is 2.88. The van der Waals surface area contributed by atoms with Gasteiger partial charge < -0.3 is 19.7 Å². The molecule has 3 aliphatic rings. The van der Waals surface area contributed by atoms with Crippen LogP contribution in [0.1, 0.15) is 24.0 Å². The van der Waals surface area contributed by atoms with Crippen molar-refractivity contribution in [2.45, 2.75) is 24.7 Å². The number of benzene rings is 2. The Morgan fingerprint density at radius 2 is 1.88 bits per heavy atom. The Labute approximate surface area is 152 Å². The SMILES string of the molecule is O=C(Cc1ccc2c(c1)OCO2)N1CCC2(CC1)CNc1ccccc12. The first-order valence-corrected chi connectivity index (χ1v) is 9.23. The molecular formula is C21H22N2O3. The van der Waals surface area contributed by atoms with Crippen LogP contribution in [0, 0.1) is 0 Å². The molecule has 1 saturated heterocycles. The number of nitrogens with zero attached hydrogens (tertiary/aromatic N) is 1. The van der Waals surface area contributed by atoms with Crippen LogP contribution in [-0.2, 0) is 16.6 Å². The molecule has 5 nitrogen and oxygen atoms in total. The number of carbonyl (C=O) groups is 1. The van der Waals surface area contributed by atoms with Crippen molar-refractivity contribution in [1.29, 1.82) is 0 Å². The van der Waals surface area contributed by atoms with E-state index in [0.717, 1.165) is 49.5 Å². The predicted octanol–water partition coefficient (Wildman–Crippen LogP) is 2.94. The first-order chi connectivity index (χ1) is 12.7. The minimum Gasteiger partial charge on any atom is -0.454 e. The smallest absolute Gasteiger partial charge is 0.231 e. The van der Waals surface area contributed by atoms with E-state index in [2.05, 4.69) is 29.6 Å². The highest BCUT2D eigenvalue weighted by Gasteiger charge is 2.41. The normalized spacial score (nSPS) is 19.3. The Balaban J connectivity index is 1.25. The molecule has 0 bridgehead atoms. The van der Waals surface area contributed by atoms with Crippen LogP contribution in [0.5, 0.6) is 11.5 Å². The highest BCUT2D eigenvalue weighted by Crippen LogP contribution is 2.43. The van der Waals surface area contributed by atoms with Gasteiger partial charge in [-0.2, -0.15) is 0 Å². The maximum Gasteiger partial charge on any atom is 0.231 e. The van der Waals surface area contributed by atoms with Gasteiger partial charge in [-0.3, -0.25) is 4.79 Å². The van der Waals surface area contributed by atoms with Crippen LogP contribution in [0.3, 0.4) is 0 Å². The van der Waals surface area contributed by atoms with Crippen LogP contribution in [0.15, 0.2) is 42.5 Å². The largest absolute Gasteiger partial charge is 0.454 e. The second-order valence-electron chi connectivity index (χ2n) is 7.42. The van der Waals surface area contributed by atoms with Crippen LogP contribution in [0.2, 0.25) is 0 Å². The summed E-state index contributed by atoms with van der Waals surface area (Å²) >= 11 is 0. The monoisotopic (exact) mass is 350 g/mol. The van der Waals surface area contributed by atoms with Crippen LogP contribution >= 0.6 is 0 Å². The van der Waals surface area contributed by atoms with E-state index in [1.165, 1.54) is 11.3 Å². The van der Waals surface area contributed by atoms with Crippen molar-refractivity contribution in [3.05, 3.63) is 53.6 Å². The lowest BCUT2D eigenvalue weighted by Crippen LogP contribution is -2.46. The molecule has 5 rings (SSSR count). The topological polar surface area (TPSA) is 50.8 Å². The fourth-order valence-electron chi connectivity index (χ4n) is 4.43. The van der Waals surface area contributed by atoms with Gasteiger partial charge in [0, 0.05) is 30.7 Å². The van der Waals surface area contributed by atoms with E-state index in [0.29, 0.717) is 6.42 Å². The highest BCUT2D eigenvalue weighted by atomic mass is 16.7. The van der Waals surface area contributed by atoms with Crippen molar-refractivity contribution < 1.29 is 14.3 Å². The van der Waals surface area contributed by atoms with Gasteiger partial charge in [-0.1, -0.05) is 24.3 Å². The number of fused-ring (bicyclic) bond motifs is 3. The fourth-order valence-corrected chi connectivity index (χ4v) is 4.43. The van der Waals surface area contributed by atoms with Gasteiger partial charge in [-0.05, 0) is 42.2 Å². The molecule has 134 valence electrons. The summed E-state index contributed by atoms with van der Waals surface area (Å²) in [6.07, 6.45) is 2.45. The standard InChI is InChI=1S/C21H22N2O3/c24-20(12-15-5-6-18-19(11-15)26-14-25-18)23-9-7-21(8-10-23)13-22-17-4-2-1-3-16(17)21/h1-6,11,22H,7-10,12-14H2. The lowest BCUT2D eigenvalue weighted by atomic mass is 9.74. The first kappa shape index (κ1) is 15.6. The molecule has 1 N–H and O–H groups in total. The summed E-state index contributed by atoms with van der Waals surface area (Å²) in [6, 6.07) is 14.3. The third-order valence-corrected chi connectivity index (χ3v) is 5.98. The van der Waals surface area contributed by atoms with E-state index in [9.17, 15) is 4.79 Å². The van der Waals surface area contributed by atoms with Gasteiger partial charge in [0.1, 0.15) is 0 Å². The highest BCUT2D eigenvalue weighted by molar-refractivity contribution is 5.79. The average molecular weight is 350 g/mol. The number of hydrogen-bond donors (Lipinski definition) is 1. The van der Waals surface area contributed by atoms with Crippen molar-refractivity contribution in [2.75, 3.05) is 31.7 Å². The Kier molecular flexibility index (Phi) is 3.55. The van der Waals surface area contributed by atoms with Crippen LogP contribution in [0.25, 0.3) is 0 Å². The van der Waals surface area contributed by atoms with Gasteiger partial charge in [0.05, 0.1) is 6.42 Å². The summed E-state index contributed by atoms with van der Waals surface area (Å²) in [7, 11) is 0. The number of carbonyl (C=O) groups excluding carboxylic acids is 1. The molecule has 0 radical (unpaired) electrons. The molecule has 0 aromatic heterocycles. The summed E-state index contributed by atoms with van der Waals surface area (Å²) < 4.78 is 10.7. The quantitative estimate of drug-likeness (QED) is 0.905. The predicted molar refractivity (Wildman–Crippen MR) is 98.7 cm³/mol. The molecule has 0 atom stereocenters. The Morgan fingerprint density at radius 1 is 1.08 bits per heavy atom. The fraction of sp³-hybridized carbons (Fsp3) is 0.381. The molecule has 1 fully saturated rings. The number of rotatable bonds is 2. The number of para-hydroxylation sites is 1. The van der Waals surface area contributed by atoms with Gasteiger partial charge in [0.2, 0.25) is 12.7 Å². The van der Waals surface area contributed by atoms with Crippen LogP contribution in [0.4, 0.5) is 5.69 Å². The van der Waals surface area contributed by atoms with E-state index in [1.807, 2.05) is 23.1 Å². The lowest BCUT2D eigenvalue weighted by molar-refractivity contribution is -0.132. The van der Waals surface area contributed by atoms with Crippen molar-refractivity contribution in [3.8, 4) is 11.5 Å². The molecule has 2 aromatic carbocycles. The lowest BCUT2D eigenvalue weighted by Gasteiger charge is -2.39. The summed E-state index contributed by atoms with van der Waals surface area (Å²) in [4.78, 5) is 14.8. The molecule has 0 unspecified atom stereocenters. The van der Waals surface area contributed by atoms with Crippen molar-refractivity contribution in [3.63, 3.8) is 0 Å². The average Bonchev–Trinajstić information content (AvgIpc) is 3.28. The minimum absolute atomic E-state index is 0.187. The van der Waals surface area contributed by atoms with Crippen molar-refractivity contribution in [2.24, 2.45) is 0 Å². The number of nitrogens with one attached hydrogen (secondary N) is 1. The maximum atomic E-state index is 12.8. The Morgan fingerprint density at radius 3 is 2.77 bits per heavy atom. The molecule has 5 heteroatoms. The number of anilines is 1. The number of likely N-dealkylation sites (tertiary alicyclic amines) is 1. The maximum absolute atomic E-state index is 12.8. The minimum atomic E-state index is 0.187. The Hall–Kier alpha value is -2.69. The molecule has 1 spiro atoms. The van der Waals surface area contributed by atoms with Gasteiger partial charge in [-0.25, -0.2) is 0 Å². The zero-order chi connectivity index (χ0) is 17.6. The van der Waals surface area contributed by atoms with E-state index in [-0.39, 0.29) is 18.1 Å². The molecular weight excluding hydrogens is 328 g/mol. The van der Waals surface area contributed by atoms with Crippen molar-refractivity contribution >= 4 is 11.6 Å². The summed E-state index contributed by atoms with van der Waals surface area (Å²) in [5.74, 6) is 1.69. The van der Waals surface area contributed by atoms with Gasteiger partial charge in [-0.15, -0.1) is 0 Å². The van der Waals surface area contributed by atoms with Crippen LogP contribution < -0.4 is 14.8 Å². The molecule has 26 heavy (non-hydrogen) atoms. The van der Waals surface area contributed by atoms with Gasteiger partial charge in [0.25, 0.3) is 0 Å². The summed E-state index contributed by atoms with van der Waals surface area (Å²) in [5.41, 5.74) is 3.84. The van der Waals surface area contributed by atoms with Crippen LogP contribution in [-0.4, -0.2) is 37.2 Å². The second-order valence-corrected chi connectivity index (χ2v) is 7.42. The molecule has 0 saturated carbocycles. The number of amides is 1. The number of ether oxygens (including phenoxy) is 2. The third kappa shape index (κ3) is 2.50. The van der Waals surface area contributed by atoms with E-state index < -0.39 is 0 Å². The van der Waals surface area contributed by atoms with Gasteiger partial charge in [0.15, 0.2) is 11.5 Å². The van der Waals surface area contributed by atoms with Crippen molar-refractivity contribution in [1.82, 2.24) is 4.90 Å². The van der Waals surface area contributed by atoms with Gasteiger partial charge >= 0.3 is 0 Å². The summed E-state index contributed by atoms with van der Waals surface area (Å²) in [5, 5.41) is 3.54.